The average Bonchev–Trinajstić information content (AvgIpc) is 2.85. The number of hydrogen-bond acceptors (Lipinski definition) is 3. The van der Waals surface area contributed by atoms with Crippen molar-refractivity contribution in [1.29, 1.82) is 0 Å². The zero-order valence-electron chi connectivity index (χ0n) is 9.75. The summed E-state index contributed by atoms with van der Waals surface area (Å²) in [6.45, 7) is 3.09. The van der Waals surface area contributed by atoms with Gasteiger partial charge in [0.1, 0.15) is 0 Å². The largest absolute Gasteiger partial charge is 0.378 e. The summed E-state index contributed by atoms with van der Waals surface area (Å²) < 4.78 is 6.93. The topological polar surface area (TPSA) is 21.3 Å². The van der Waals surface area contributed by atoms with Crippen LogP contribution in [0.4, 0.5) is 0 Å². The average molecular weight is 304 g/mol. The van der Waals surface area contributed by atoms with Crippen LogP contribution in [0.15, 0.2) is 10.5 Å². The monoisotopic (exact) mass is 303 g/mol. The molecule has 0 aliphatic carbocycles. The van der Waals surface area contributed by atoms with Crippen molar-refractivity contribution in [3.05, 3.63) is 20.3 Å². The van der Waals surface area contributed by atoms with Crippen LogP contribution in [0, 0.1) is 6.92 Å². The van der Waals surface area contributed by atoms with E-state index in [4.69, 9.17) is 4.74 Å². The van der Waals surface area contributed by atoms with E-state index < -0.39 is 0 Å². The Morgan fingerprint density at radius 2 is 2.50 bits per heavy atom. The van der Waals surface area contributed by atoms with Crippen LogP contribution < -0.4 is 5.32 Å². The van der Waals surface area contributed by atoms with Gasteiger partial charge in [-0.25, -0.2) is 0 Å². The molecule has 0 amide bonds. The second-order valence-electron chi connectivity index (χ2n) is 4.28. The van der Waals surface area contributed by atoms with Crippen molar-refractivity contribution in [3.63, 3.8) is 0 Å². The van der Waals surface area contributed by atoms with Gasteiger partial charge >= 0.3 is 0 Å². The van der Waals surface area contributed by atoms with Gasteiger partial charge in [0.15, 0.2) is 0 Å². The van der Waals surface area contributed by atoms with E-state index in [0.29, 0.717) is 12.1 Å². The molecule has 0 radical (unpaired) electrons. The number of rotatable bonds is 4. The molecule has 1 N–H and O–H groups in total. The van der Waals surface area contributed by atoms with Crippen LogP contribution in [-0.4, -0.2) is 19.8 Å². The molecule has 90 valence electrons. The number of ether oxygens (including phenoxy) is 1. The summed E-state index contributed by atoms with van der Waals surface area (Å²) in [5.74, 6) is 0. The van der Waals surface area contributed by atoms with E-state index in [1.165, 1.54) is 27.1 Å². The zero-order chi connectivity index (χ0) is 11.5. The molecule has 1 aliphatic heterocycles. The van der Waals surface area contributed by atoms with E-state index in [9.17, 15) is 0 Å². The number of halogens is 1. The quantitative estimate of drug-likeness (QED) is 0.917. The molecule has 1 fully saturated rings. The first kappa shape index (κ1) is 12.6. The number of hydrogen-bond donors (Lipinski definition) is 1. The van der Waals surface area contributed by atoms with Gasteiger partial charge in [-0.15, -0.1) is 11.3 Å². The lowest BCUT2D eigenvalue weighted by Gasteiger charge is -2.19. The van der Waals surface area contributed by atoms with Gasteiger partial charge in [-0.1, -0.05) is 0 Å². The van der Waals surface area contributed by atoms with Crippen molar-refractivity contribution in [2.75, 3.05) is 13.7 Å². The van der Waals surface area contributed by atoms with Gasteiger partial charge in [0.2, 0.25) is 0 Å². The van der Waals surface area contributed by atoms with Gasteiger partial charge in [-0.3, -0.25) is 0 Å². The lowest BCUT2D eigenvalue weighted by Crippen LogP contribution is -2.21. The highest BCUT2D eigenvalue weighted by Crippen LogP contribution is 2.35. The maximum atomic E-state index is 5.70. The predicted octanol–water partition coefficient (Wildman–Crippen LogP) is 3.65. The third kappa shape index (κ3) is 2.86. The smallest absolute Gasteiger partial charge is 0.0594 e. The van der Waals surface area contributed by atoms with Gasteiger partial charge in [-0.05, 0) is 55.2 Å². The van der Waals surface area contributed by atoms with Gasteiger partial charge in [0, 0.05) is 26.9 Å². The second kappa shape index (κ2) is 5.63. The first-order valence-corrected chi connectivity index (χ1v) is 7.36. The molecule has 2 atom stereocenters. The molecular formula is C12H18BrNOS. The summed E-state index contributed by atoms with van der Waals surface area (Å²) in [4.78, 5) is 2.75. The Kier molecular flexibility index (Phi) is 4.41. The third-order valence-electron chi connectivity index (χ3n) is 3.02. The molecule has 0 aromatic carbocycles. The van der Waals surface area contributed by atoms with Crippen LogP contribution >= 0.6 is 27.3 Å². The highest BCUT2D eigenvalue weighted by Gasteiger charge is 2.23. The Morgan fingerprint density at radius 1 is 1.69 bits per heavy atom. The molecule has 0 spiro atoms. The van der Waals surface area contributed by atoms with Crippen molar-refractivity contribution in [2.45, 2.75) is 38.3 Å². The van der Waals surface area contributed by atoms with Gasteiger partial charge in [0.05, 0.1) is 6.10 Å². The van der Waals surface area contributed by atoms with E-state index in [2.05, 4.69) is 34.2 Å². The zero-order valence-corrected chi connectivity index (χ0v) is 12.2. The molecule has 2 heterocycles. The molecule has 1 saturated heterocycles. The lowest BCUT2D eigenvalue weighted by atomic mass is 10.1. The SMILES string of the molecule is CNC(CC1CCCO1)c1sc(C)cc1Br. The Hall–Kier alpha value is 0.100. The molecule has 1 aromatic heterocycles. The van der Waals surface area contributed by atoms with Crippen molar-refractivity contribution in [2.24, 2.45) is 0 Å². The van der Waals surface area contributed by atoms with Crippen LogP contribution in [0.2, 0.25) is 0 Å². The molecule has 1 aliphatic rings. The van der Waals surface area contributed by atoms with E-state index in [1.54, 1.807) is 0 Å². The highest BCUT2D eigenvalue weighted by atomic mass is 79.9. The van der Waals surface area contributed by atoms with Crippen LogP contribution in [0.25, 0.3) is 0 Å². The second-order valence-corrected chi connectivity index (χ2v) is 6.42. The molecule has 1 aromatic rings. The van der Waals surface area contributed by atoms with Crippen molar-refractivity contribution < 1.29 is 4.74 Å². The molecule has 2 nitrogen and oxygen atoms in total. The number of thiophene rings is 1. The Morgan fingerprint density at radius 3 is 3.00 bits per heavy atom. The van der Waals surface area contributed by atoms with Crippen molar-refractivity contribution >= 4 is 27.3 Å². The maximum Gasteiger partial charge on any atom is 0.0594 e. The van der Waals surface area contributed by atoms with E-state index in [-0.39, 0.29) is 0 Å². The normalized spacial score (nSPS) is 22.6. The molecule has 0 saturated carbocycles. The molecule has 4 heteroatoms. The van der Waals surface area contributed by atoms with Crippen molar-refractivity contribution in [1.82, 2.24) is 5.32 Å². The fraction of sp³-hybridized carbons (Fsp3) is 0.667. The minimum Gasteiger partial charge on any atom is -0.378 e. The van der Waals surface area contributed by atoms with E-state index in [0.717, 1.165) is 13.0 Å². The molecule has 0 bridgehead atoms. The lowest BCUT2D eigenvalue weighted by molar-refractivity contribution is 0.0957. The highest BCUT2D eigenvalue weighted by molar-refractivity contribution is 9.10. The molecule has 2 rings (SSSR count). The van der Waals surface area contributed by atoms with Crippen molar-refractivity contribution in [3.8, 4) is 0 Å². The summed E-state index contributed by atoms with van der Waals surface area (Å²) in [5, 5.41) is 3.40. The number of aryl methyl sites for hydroxylation is 1. The standard InChI is InChI=1S/C12H18BrNOS/c1-8-6-10(13)12(16-8)11(14-2)7-9-4-3-5-15-9/h6,9,11,14H,3-5,7H2,1-2H3. The van der Waals surface area contributed by atoms with Gasteiger partial charge in [-0.2, -0.15) is 0 Å². The summed E-state index contributed by atoms with van der Waals surface area (Å²) in [7, 11) is 2.03. The fourth-order valence-electron chi connectivity index (χ4n) is 2.19. The van der Waals surface area contributed by atoms with Crippen LogP contribution in [0.3, 0.4) is 0 Å². The van der Waals surface area contributed by atoms with E-state index in [1.807, 2.05) is 18.4 Å². The fourth-order valence-corrected chi connectivity index (χ4v) is 4.24. The van der Waals surface area contributed by atoms with E-state index >= 15 is 0 Å². The summed E-state index contributed by atoms with van der Waals surface area (Å²) in [5.41, 5.74) is 0. The molecular weight excluding hydrogens is 286 g/mol. The predicted molar refractivity (Wildman–Crippen MR) is 72.1 cm³/mol. The minimum atomic E-state index is 0.413. The van der Waals surface area contributed by atoms with Gasteiger partial charge < -0.3 is 10.1 Å². The van der Waals surface area contributed by atoms with Crippen LogP contribution in [0.5, 0.6) is 0 Å². The Bertz CT molecular complexity index is 347. The first-order chi connectivity index (χ1) is 7.70. The summed E-state index contributed by atoms with van der Waals surface area (Å²) >= 11 is 5.50. The summed E-state index contributed by atoms with van der Waals surface area (Å²) in [6, 6.07) is 2.61. The first-order valence-electron chi connectivity index (χ1n) is 5.75. The summed E-state index contributed by atoms with van der Waals surface area (Å²) in [6.07, 6.45) is 3.94. The number of nitrogens with one attached hydrogen (secondary N) is 1. The molecule has 16 heavy (non-hydrogen) atoms. The van der Waals surface area contributed by atoms with Crippen LogP contribution in [0.1, 0.15) is 35.1 Å². The maximum absolute atomic E-state index is 5.70. The minimum absolute atomic E-state index is 0.413. The third-order valence-corrected chi connectivity index (χ3v) is 5.11. The van der Waals surface area contributed by atoms with Gasteiger partial charge in [0.25, 0.3) is 0 Å². The molecule has 2 unspecified atom stereocenters. The Balaban J connectivity index is 2.06. The Labute approximate surface area is 110 Å². The van der Waals surface area contributed by atoms with Crippen LogP contribution in [-0.2, 0) is 4.74 Å².